The van der Waals surface area contributed by atoms with E-state index >= 15 is 0 Å². The smallest absolute Gasteiger partial charge is 0.341 e. The Kier molecular flexibility index (Phi) is 6.99. The third kappa shape index (κ3) is 5.06. The van der Waals surface area contributed by atoms with E-state index in [4.69, 9.17) is 9.84 Å². The molecule has 1 heterocycles. The number of carboxylic acids is 1. The Labute approximate surface area is 204 Å². The second-order valence-corrected chi connectivity index (χ2v) is 9.05. The van der Waals surface area contributed by atoms with Crippen molar-refractivity contribution in [2.75, 3.05) is 11.5 Å². The first-order valence-electron chi connectivity index (χ1n) is 8.91. The van der Waals surface area contributed by atoms with Crippen molar-refractivity contribution in [1.82, 2.24) is 5.32 Å². The van der Waals surface area contributed by atoms with Gasteiger partial charge in [-0.1, -0.05) is 6.07 Å². The molecule has 0 spiro atoms. The highest BCUT2D eigenvalue weighted by atomic mass is 127. The Morgan fingerprint density at radius 3 is 2.32 bits per heavy atom. The van der Waals surface area contributed by atoms with Crippen molar-refractivity contribution in [2.24, 2.45) is 0 Å². The van der Waals surface area contributed by atoms with Crippen LogP contribution in [0.4, 0.5) is 10.5 Å². The zero-order chi connectivity index (χ0) is 22.9. The third-order valence-electron chi connectivity index (χ3n) is 4.52. The summed E-state index contributed by atoms with van der Waals surface area (Å²) >= 11 is 3.97. The number of imide groups is 2. The number of amides is 4. The molecule has 2 aromatic rings. The van der Waals surface area contributed by atoms with Gasteiger partial charge in [-0.05, 0) is 106 Å². The van der Waals surface area contributed by atoms with E-state index in [1.165, 1.54) is 6.08 Å². The highest BCUT2D eigenvalue weighted by Gasteiger charge is 2.37. The molecule has 31 heavy (non-hydrogen) atoms. The van der Waals surface area contributed by atoms with Gasteiger partial charge in [0.25, 0.3) is 11.8 Å². The first-order chi connectivity index (χ1) is 14.6. The maximum absolute atomic E-state index is 13.0. The van der Waals surface area contributed by atoms with Crippen molar-refractivity contribution < 1.29 is 29.0 Å². The van der Waals surface area contributed by atoms with Crippen LogP contribution in [-0.4, -0.2) is 35.5 Å². The van der Waals surface area contributed by atoms with Crippen molar-refractivity contribution >= 4 is 80.8 Å². The molecule has 2 aromatic carbocycles. The molecule has 3 rings (SSSR count). The van der Waals surface area contributed by atoms with Gasteiger partial charge in [-0.2, -0.15) is 0 Å². The van der Waals surface area contributed by atoms with Gasteiger partial charge >= 0.3 is 12.0 Å². The topological polar surface area (TPSA) is 113 Å². The van der Waals surface area contributed by atoms with E-state index in [2.05, 4.69) is 5.32 Å². The van der Waals surface area contributed by atoms with Gasteiger partial charge in [0.05, 0.1) is 12.8 Å². The van der Waals surface area contributed by atoms with E-state index in [1.807, 2.05) is 59.0 Å². The highest BCUT2D eigenvalue weighted by Crippen LogP contribution is 2.31. The summed E-state index contributed by atoms with van der Waals surface area (Å²) in [7, 11) is 0. The second-order valence-electron chi connectivity index (χ2n) is 6.72. The maximum Gasteiger partial charge on any atom is 0.341 e. The molecule has 0 aromatic heterocycles. The number of anilines is 1. The monoisotopic (exact) mass is 646 g/mol. The molecule has 0 bridgehead atoms. The Morgan fingerprint density at radius 1 is 1.10 bits per heavy atom. The number of nitrogens with one attached hydrogen (secondary N) is 1. The number of nitrogens with zero attached hydrogens (tertiary/aromatic N) is 1. The number of carboxylic acid groups (broad SMARTS) is 1. The van der Waals surface area contributed by atoms with E-state index in [-0.39, 0.29) is 5.57 Å². The van der Waals surface area contributed by atoms with Crippen molar-refractivity contribution in [3.63, 3.8) is 0 Å². The first-order valence-corrected chi connectivity index (χ1v) is 11.1. The molecule has 160 valence electrons. The largest absolute Gasteiger partial charge is 0.480 e. The molecule has 1 aliphatic rings. The van der Waals surface area contributed by atoms with Crippen LogP contribution in [0, 0.1) is 21.0 Å². The first kappa shape index (κ1) is 23.2. The lowest BCUT2D eigenvalue weighted by Gasteiger charge is -2.27. The van der Waals surface area contributed by atoms with Crippen molar-refractivity contribution in [1.29, 1.82) is 0 Å². The Morgan fingerprint density at radius 2 is 1.74 bits per heavy atom. The fraction of sp³-hybridized carbons (Fsp3) is 0.143. The predicted octanol–water partition coefficient (Wildman–Crippen LogP) is 3.64. The quantitative estimate of drug-likeness (QED) is 0.292. The summed E-state index contributed by atoms with van der Waals surface area (Å²) in [5.41, 5.74) is 2.62. The van der Waals surface area contributed by atoms with Gasteiger partial charge < -0.3 is 9.84 Å². The minimum Gasteiger partial charge on any atom is -0.480 e. The lowest BCUT2D eigenvalue weighted by Crippen LogP contribution is -2.54. The second kappa shape index (κ2) is 9.34. The molecule has 1 saturated heterocycles. The number of rotatable bonds is 5. The lowest BCUT2D eigenvalue weighted by atomic mass is 10.1. The standard InChI is InChI=1S/C21H16I2N2O6/c1-10-3-4-13(5-11(10)2)25-20(29)14(19(28)24-21(25)30)6-12-7-15(22)18(16(23)8-12)31-9-17(26)27/h3-8H,9H2,1-2H3,(H,26,27)(H,24,28,30)/b14-6+. The summed E-state index contributed by atoms with van der Waals surface area (Å²) in [5, 5.41) is 11.0. The van der Waals surface area contributed by atoms with Crippen LogP contribution in [0.3, 0.4) is 0 Å². The molecule has 0 unspecified atom stereocenters. The number of aryl methyl sites for hydroxylation is 2. The van der Waals surface area contributed by atoms with Crippen molar-refractivity contribution in [2.45, 2.75) is 13.8 Å². The van der Waals surface area contributed by atoms with Gasteiger partial charge in [0.2, 0.25) is 0 Å². The Bertz CT molecular complexity index is 1140. The number of benzene rings is 2. The number of ether oxygens (including phenoxy) is 1. The fourth-order valence-electron chi connectivity index (χ4n) is 2.86. The van der Waals surface area contributed by atoms with Crippen LogP contribution in [0.15, 0.2) is 35.9 Å². The predicted molar refractivity (Wildman–Crippen MR) is 130 cm³/mol. The van der Waals surface area contributed by atoms with E-state index in [1.54, 1.807) is 30.3 Å². The molecule has 2 N–H and O–H groups in total. The number of hydrogen-bond acceptors (Lipinski definition) is 5. The number of carbonyl (C=O) groups excluding carboxylic acids is 3. The lowest BCUT2D eigenvalue weighted by molar-refractivity contribution is -0.139. The Balaban J connectivity index is 1.98. The van der Waals surface area contributed by atoms with Crippen LogP contribution < -0.4 is 15.0 Å². The van der Waals surface area contributed by atoms with Gasteiger partial charge in [-0.25, -0.2) is 14.5 Å². The zero-order valence-corrected chi connectivity index (χ0v) is 20.7. The minimum absolute atomic E-state index is 0.191. The van der Waals surface area contributed by atoms with Crippen LogP contribution in [0.5, 0.6) is 5.75 Å². The average Bonchev–Trinajstić information content (AvgIpc) is 2.67. The summed E-state index contributed by atoms with van der Waals surface area (Å²) in [4.78, 5) is 49.5. The van der Waals surface area contributed by atoms with Gasteiger partial charge in [-0.15, -0.1) is 0 Å². The number of barbiturate groups is 1. The summed E-state index contributed by atoms with van der Waals surface area (Å²) in [6.07, 6.45) is 1.39. The highest BCUT2D eigenvalue weighted by molar-refractivity contribution is 14.1. The molecule has 0 aliphatic carbocycles. The number of halogens is 2. The number of aliphatic carboxylic acids is 1. The molecule has 0 radical (unpaired) electrons. The number of hydrogen-bond donors (Lipinski definition) is 2. The van der Waals surface area contributed by atoms with Crippen molar-refractivity contribution in [3.8, 4) is 5.75 Å². The SMILES string of the molecule is Cc1ccc(N2C(=O)NC(=O)/C(=C\c3cc(I)c(OCC(=O)O)c(I)c3)C2=O)cc1C. The molecule has 1 fully saturated rings. The summed E-state index contributed by atoms with van der Waals surface area (Å²) in [5.74, 6) is -2.21. The van der Waals surface area contributed by atoms with Crippen LogP contribution in [0.25, 0.3) is 6.08 Å². The van der Waals surface area contributed by atoms with Gasteiger partial charge in [-0.3, -0.25) is 14.9 Å². The van der Waals surface area contributed by atoms with E-state index in [0.717, 1.165) is 16.0 Å². The van der Waals surface area contributed by atoms with Crippen LogP contribution >= 0.6 is 45.2 Å². The minimum atomic E-state index is -1.10. The van der Waals surface area contributed by atoms with E-state index in [0.29, 0.717) is 24.1 Å². The van der Waals surface area contributed by atoms with Crippen LogP contribution in [0.2, 0.25) is 0 Å². The molecular formula is C21H16I2N2O6. The van der Waals surface area contributed by atoms with Crippen LogP contribution in [0.1, 0.15) is 16.7 Å². The number of carbonyl (C=O) groups is 4. The van der Waals surface area contributed by atoms with Gasteiger partial charge in [0.1, 0.15) is 11.3 Å². The zero-order valence-electron chi connectivity index (χ0n) is 16.4. The van der Waals surface area contributed by atoms with Crippen molar-refractivity contribution in [3.05, 3.63) is 59.7 Å². The van der Waals surface area contributed by atoms with Gasteiger partial charge in [0, 0.05) is 0 Å². The molecule has 1 aliphatic heterocycles. The molecule has 0 saturated carbocycles. The Hall–Kier alpha value is -2.48. The molecule has 4 amide bonds. The average molecular weight is 646 g/mol. The van der Waals surface area contributed by atoms with Gasteiger partial charge in [0.15, 0.2) is 6.61 Å². The molecule has 10 heteroatoms. The van der Waals surface area contributed by atoms with Crippen LogP contribution in [-0.2, 0) is 14.4 Å². The maximum atomic E-state index is 13.0. The normalized spacial score (nSPS) is 15.3. The van der Waals surface area contributed by atoms with E-state index in [9.17, 15) is 19.2 Å². The molecule has 0 atom stereocenters. The fourth-order valence-corrected chi connectivity index (χ4v) is 4.99. The van der Waals surface area contributed by atoms with E-state index < -0.39 is 30.4 Å². The summed E-state index contributed by atoms with van der Waals surface area (Å²) in [6.45, 7) is 3.30. The molecule has 8 nitrogen and oxygen atoms in total. The summed E-state index contributed by atoms with van der Waals surface area (Å²) < 4.78 is 6.52. The molecular weight excluding hydrogens is 630 g/mol. The third-order valence-corrected chi connectivity index (χ3v) is 6.12. The number of urea groups is 1. The summed E-state index contributed by atoms with van der Waals surface area (Å²) in [6, 6.07) is 7.66.